The molecule has 0 fully saturated rings. The predicted octanol–water partition coefficient (Wildman–Crippen LogP) is 2.59. The van der Waals surface area contributed by atoms with E-state index >= 15 is 0 Å². The van der Waals surface area contributed by atoms with Gasteiger partial charge in [0.15, 0.2) is 3.92 Å². The maximum absolute atomic E-state index is 12.3. The average molecular weight is 354 g/mol. The van der Waals surface area contributed by atoms with Crippen molar-refractivity contribution >= 4 is 44.8 Å². The Bertz CT molecular complexity index is 684. The van der Waals surface area contributed by atoms with Crippen LogP contribution in [0.4, 0.5) is 5.69 Å². The largest absolute Gasteiger partial charge is 0.366 e. The van der Waals surface area contributed by atoms with E-state index in [4.69, 9.17) is 5.73 Å². The molecule has 0 bridgehead atoms. The van der Waals surface area contributed by atoms with Gasteiger partial charge in [0.25, 0.3) is 11.8 Å². The molecule has 104 valence electrons. The van der Waals surface area contributed by atoms with Gasteiger partial charge in [-0.15, -0.1) is 11.3 Å². The molecule has 20 heavy (non-hydrogen) atoms. The van der Waals surface area contributed by atoms with E-state index in [-0.39, 0.29) is 5.91 Å². The molecule has 0 radical (unpaired) electrons. The van der Waals surface area contributed by atoms with Crippen molar-refractivity contribution in [2.45, 2.75) is 6.92 Å². The molecule has 0 saturated heterocycles. The summed E-state index contributed by atoms with van der Waals surface area (Å²) in [6.45, 7) is 1.88. The monoisotopic (exact) mass is 353 g/mol. The predicted molar refractivity (Wildman–Crippen MR) is 82.2 cm³/mol. The van der Waals surface area contributed by atoms with E-state index in [9.17, 15) is 9.59 Å². The van der Waals surface area contributed by atoms with Gasteiger partial charge >= 0.3 is 0 Å². The van der Waals surface area contributed by atoms with E-state index in [1.807, 2.05) is 6.92 Å². The van der Waals surface area contributed by atoms with Crippen molar-refractivity contribution in [1.82, 2.24) is 4.98 Å². The first-order valence-corrected chi connectivity index (χ1v) is 7.37. The van der Waals surface area contributed by atoms with Gasteiger partial charge in [-0.25, -0.2) is 4.98 Å². The summed E-state index contributed by atoms with van der Waals surface area (Å²) >= 11 is 4.54. The summed E-state index contributed by atoms with van der Waals surface area (Å²) in [4.78, 5) is 29.3. The SMILES string of the molecule is Cc1ccc(C(N)=O)c(N(C)C(=O)c2csc(Br)n2)c1. The van der Waals surface area contributed by atoms with Crippen LogP contribution in [-0.2, 0) is 0 Å². The smallest absolute Gasteiger partial charge is 0.277 e. The van der Waals surface area contributed by atoms with Crippen LogP contribution < -0.4 is 10.6 Å². The van der Waals surface area contributed by atoms with Crippen LogP contribution in [0.1, 0.15) is 26.4 Å². The van der Waals surface area contributed by atoms with Crippen LogP contribution in [0.3, 0.4) is 0 Å². The second-order valence-corrected chi connectivity index (χ2v) is 6.37. The fraction of sp³-hybridized carbons (Fsp3) is 0.154. The van der Waals surface area contributed by atoms with Gasteiger partial charge in [-0.2, -0.15) is 0 Å². The van der Waals surface area contributed by atoms with Crippen LogP contribution in [0, 0.1) is 6.92 Å². The number of rotatable bonds is 3. The Morgan fingerprint density at radius 3 is 2.65 bits per heavy atom. The van der Waals surface area contributed by atoms with Crippen molar-refractivity contribution in [1.29, 1.82) is 0 Å². The van der Waals surface area contributed by atoms with Gasteiger partial charge in [-0.3, -0.25) is 9.59 Å². The molecule has 2 rings (SSSR count). The summed E-state index contributed by atoms with van der Waals surface area (Å²) in [7, 11) is 1.59. The molecule has 1 aromatic carbocycles. The van der Waals surface area contributed by atoms with Crippen molar-refractivity contribution < 1.29 is 9.59 Å². The van der Waals surface area contributed by atoms with Crippen LogP contribution in [0.5, 0.6) is 0 Å². The number of primary amides is 1. The number of hydrogen-bond donors (Lipinski definition) is 1. The first-order chi connectivity index (χ1) is 9.40. The minimum Gasteiger partial charge on any atom is -0.366 e. The second kappa shape index (κ2) is 5.72. The van der Waals surface area contributed by atoms with Gasteiger partial charge in [-0.05, 0) is 40.5 Å². The third-order valence-electron chi connectivity index (χ3n) is 2.78. The van der Waals surface area contributed by atoms with Gasteiger partial charge in [-0.1, -0.05) is 6.07 Å². The maximum Gasteiger partial charge on any atom is 0.277 e. The lowest BCUT2D eigenvalue weighted by Crippen LogP contribution is -2.29. The number of aromatic nitrogens is 1. The summed E-state index contributed by atoms with van der Waals surface area (Å²) < 4.78 is 0.633. The number of anilines is 1. The Morgan fingerprint density at radius 2 is 2.10 bits per heavy atom. The summed E-state index contributed by atoms with van der Waals surface area (Å²) in [6.07, 6.45) is 0. The molecule has 0 atom stereocenters. The summed E-state index contributed by atoms with van der Waals surface area (Å²) in [6, 6.07) is 5.15. The van der Waals surface area contributed by atoms with E-state index < -0.39 is 5.91 Å². The van der Waals surface area contributed by atoms with Crippen molar-refractivity contribution in [2.75, 3.05) is 11.9 Å². The number of benzene rings is 1. The first-order valence-electron chi connectivity index (χ1n) is 5.69. The van der Waals surface area contributed by atoms with Crippen LogP contribution in [0.15, 0.2) is 27.5 Å². The zero-order valence-electron chi connectivity index (χ0n) is 10.9. The zero-order chi connectivity index (χ0) is 14.9. The van der Waals surface area contributed by atoms with Crippen LogP contribution in [0.2, 0.25) is 0 Å². The highest BCUT2D eigenvalue weighted by molar-refractivity contribution is 9.11. The van der Waals surface area contributed by atoms with Crippen molar-refractivity contribution in [3.8, 4) is 0 Å². The lowest BCUT2D eigenvalue weighted by Gasteiger charge is -2.19. The number of amides is 2. The molecule has 0 aliphatic rings. The average Bonchev–Trinajstić information content (AvgIpc) is 2.83. The van der Waals surface area contributed by atoms with Gasteiger partial charge in [0.1, 0.15) is 5.69 Å². The third-order valence-corrected chi connectivity index (χ3v) is 4.14. The molecule has 0 unspecified atom stereocenters. The summed E-state index contributed by atoms with van der Waals surface area (Å²) in [5.41, 5.74) is 7.39. The van der Waals surface area contributed by atoms with Crippen molar-refractivity contribution in [3.63, 3.8) is 0 Å². The maximum atomic E-state index is 12.3. The van der Waals surface area contributed by atoms with Crippen LogP contribution in [0.25, 0.3) is 0 Å². The lowest BCUT2D eigenvalue weighted by atomic mass is 10.1. The number of aryl methyl sites for hydroxylation is 1. The summed E-state index contributed by atoms with van der Waals surface area (Å²) in [5, 5.41) is 1.66. The molecule has 0 aliphatic carbocycles. The van der Waals surface area contributed by atoms with Crippen molar-refractivity contribution in [3.05, 3.63) is 44.3 Å². The number of nitrogens with two attached hydrogens (primary N) is 1. The molecule has 0 aliphatic heterocycles. The molecular weight excluding hydrogens is 342 g/mol. The quantitative estimate of drug-likeness (QED) is 0.921. The van der Waals surface area contributed by atoms with Crippen molar-refractivity contribution in [2.24, 2.45) is 5.73 Å². The highest BCUT2D eigenvalue weighted by Gasteiger charge is 2.20. The number of hydrogen-bond acceptors (Lipinski definition) is 4. The first kappa shape index (κ1) is 14.7. The Labute approximate surface area is 128 Å². The van der Waals surface area contributed by atoms with E-state index in [1.54, 1.807) is 30.6 Å². The highest BCUT2D eigenvalue weighted by Crippen LogP contribution is 2.24. The minimum atomic E-state index is -0.570. The van der Waals surface area contributed by atoms with Gasteiger partial charge in [0.05, 0.1) is 11.3 Å². The fourth-order valence-electron chi connectivity index (χ4n) is 1.76. The molecule has 7 heteroatoms. The topological polar surface area (TPSA) is 76.3 Å². The second-order valence-electron chi connectivity index (χ2n) is 4.23. The zero-order valence-corrected chi connectivity index (χ0v) is 13.3. The number of carbonyl (C=O) groups is 2. The van der Waals surface area contributed by atoms with Gasteiger partial charge in [0, 0.05) is 12.4 Å². The van der Waals surface area contributed by atoms with Gasteiger partial charge < -0.3 is 10.6 Å². The Hall–Kier alpha value is -1.73. The molecule has 2 amide bonds. The molecule has 1 aromatic heterocycles. The Morgan fingerprint density at radius 1 is 1.40 bits per heavy atom. The highest BCUT2D eigenvalue weighted by atomic mass is 79.9. The number of thiazole rings is 1. The van der Waals surface area contributed by atoms with E-state index in [0.29, 0.717) is 20.9 Å². The van der Waals surface area contributed by atoms with E-state index in [1.165, 1.54) is 16.2 Å². The van der Waals surface area contributed by atoms with E-state index in [2.05, 4.69) is 20.9 Å². The van der Waals surface area contributed by atoms with E-state index in [0.717, 1.165) is 5.56 Å². The number of carbonyl (C=O) groups excluding carboxylic acids is 2. The standard InChI is InChI=1S/C13H12BrN3O2S/c1-7-3-4-8(11(15)18)10(5-7)17(2)12(19)9-6-20-13(14)16-9/h3-6H,1-2H3,(H2,15,18). The summed E-state index contributed by atoms with van der Waals surface area (Å²) in [5.74, 6) is -0.862. The fourth-order valence-corrected chi connectivity index (χ4v) is 2.74. The minimum absolute atomic E-state index is 0.292. The Kier molecular flexibility index (Phi) is 4.20. The number of nitrogens with zero attached hydrogens (tertiary/aromatic N) is 2. The molecule has 5 nitrogen and oxygen atoms in total. The Balaban J connectivity index is 2.42. The number of halogens is 1. The molecule has 2 N–H and O–H groups in total. The molecule has 0 saturated carbocycles. The molecule has 0 spiro atoms. The normalized spacial score (nSPS) is 10.3. The third kappa shape index (κ3) is 2.88. The van der Waals surface area contributed by atoms with Crippen LogP contribution in [-0.4, -0.2) is 23.8 Å². The molecule has 2 aromatic rings. The van der Waals surface area contributed by atoms with Gasteiger partial charge in [0.2, 0.25) is 0 Å². The molecule has 1 heterocycles. The lowest BCUT2D eigenvalue weighted by molar-refractivity contribution is 0.0988. The molecular formula is C13H12BrN3O2S. The van der Waals surface area contributed by atoms with Crippen LogP contribution >= 0.6 is 27.3 Å².